The predicted octanol–water partition coefficient (Wildman–Crippen LogP) is 2.79. The quantitative estimate of drug-likeness (QED) is 0.751. The summed E-state index contributed by atoms with van der Waals surface area (Å²) in [6.45, 7) is 4.85. The number of hydrogen-bond acceptors (Lipinski definition) is 2. The molecule has 1 atom stereocenters. The summed E-state index contributed by atoms with van der Waals surface area (Å²) in [7, 11) is 0. The molecule has 16 heavy (non-hydrogen) atoms. The van der Waals surface area contributed by atoms with Crippen molar-refractivity contribution in [3.8, 4) is 0 Å². The molecular formula is C13H18FNO. The van der Waals surface area contributed by atoms with Gasteiger partial charge >= 0.3 is 0 Å². The molecule has 0 bridgehead atoms. The van der Waals surface area contributed by atoms with E-state index in [1.807, 2.05) is 0 Å². The molecule has 0 heterocycles. The first-order valence-corrected chi connectivity index (χ1v) is 5.65. The van der Waals surface area contributed by atoms with Gasteiger partial charge in [-0.15, -0.1) is 0 Å². The highest BCUT2D eigenvalue weighted by atomic mass is 19.1. The van der Waals surface area contributed by atoms with Gasteiger partial charge in [0.25, 0.3) is 0 Å². The zero-order chi connectivity index (χ0) is 12.0. The van der Waals surface area contributed by atoms with E-state index in [-0.39, 0.29) is 11.6 Å². The van der Waals surface area contributed by atoms with Gasteiger partial charge in [-0.25, -0.2) is 4.39 Å². The Balaban J connectivity index is 2.38. The van der Waals surface area contributed by atoms with Crippen LogP contribution in [-0.4, -0.2) is 18.4 Å². The number of carbonyl (C=O) groups is 1. The van der Waals surface area contributed by atoms with Crippen molar-refractivity contribution in [2.45, 2.75) is 32.7 Å². The van der Waals surface area contributed by atoms with Crippen LogP contribution in [0.3, 0.4) is 0 Å². The molecule has 0 aliphatic heterocycles. The van der Waals surface area contributed by atoms with Gasteiger partial charge in [0.2, 0.25) is 0 Å². The first-order valence-electron chi connectivity index (χ1n) is 5.65. The Morgan fingerprint density at radius 1 is 1.38 bits per heavy atom. The van der Waals surface area contributed by atoms with Crippen molar-refractivity contribution in [3.63, 3.8) is 0 Å². The van der Waals surface area contributed by atoms with Crippen LogP contribution in [0, 0.1) is 5.82 Å². The van der Waals surface area contributed by atoms with E-state index in [1.54, 1.807) is 0 Å². The lowest BCUT2D eigenvalue weighted by Crippen LogP contribution is -2.27. The van der Waals surface area contributed by atoms with Gasteiger partial charge in [0.15, 0.2) is 5.78 Å². The van der Waals surface area contributed by atoms with Crippen molar-refractivity contribution in [2.24, 2.45) is 0 Å². The van der Waals surface area contributed by atoms with E-state index >= 15 is 0 Å². The Bertz CT molecular complexity index is 334. The van der Waals surface area contributed by atoms with E-state index in [0.717, 1.165) is 6.42 Å². The first kappa shape index (κ1) is 12.8. The fourth-order valence-corrected chi connectivity index (χ4v) is 1.36. The first-order chi connectivity index (χ1) is 7.63. The Hall–Kier alpha value is -1.22. The summed E-state index contributed by atoms with van der Waals surface area (Å²) in [6.07, 6.45) is 1.50. The van der Waals surface area contributed by atoms with Crippen molar-refractivity contribution < 1.29 is 9.18 Å². The zero-order valence-electron chi connectivity index (χ0n) is 9.79. The second kappa shape index (κ2) is 6.38. The fourth-order valence-electron chi connectivity index (χ4n) is 1.36. The molecular weight excluding hydrogens is 205 g/mol. The minimum atomic E-state index is -0.311. The predicted molar refractivity (Wildman–Crippen MR) is 63.1 cm³/mol. The minimum absolute atomic E-state index is 0.0517. The van der Waals surface area contributed by atoms with Crippen LogP contribution in [0.15, 0.2) is 24.3 Å². The number of nitrogens with one attached hydrogen (secondary N) is 1. The van der Waals surface area contributed by atoms with Gasteiger partial charge in [0, 0.05) is 24.6 Å². The number of hydrogen-bond donors (Lipinski definition) is 1. The lowest BCUT2D eigenvalue weighted by Gasteiger charge is -2.10. The highest BCUT2D eigenvalue weighted by molar-refractivity contribution is 5.96. The standard InChI is InChI=1S/C13H18FNO/c1-3-10(2)15-9-8-13(16)11-4-6-12(14)7-5-11/h4-7,10,15H,3,8-9H2,1-2H3. The lowest BCUT2D eigenvalue weighted by atomic mass is 10.1. The monoisotopic (exact) mass is 223 g/mol. The number of benzene rings is 1. The number of halogens is 1. The summed E-state index contributed by atoms with van der Waals surface area (Å²) in [6, 6.07) is 6.12. The van der Waals surface area contributed by atoms with E-state index in [1.165, 1.54) is 24.3 Å². The molecule has 1 N–H and O–H groups in total. The molecule has 0 amide bonds. The van der Waals surface area contributed by atoms with Crippen LogP contribution < -0.4 is 5.32 Å². The maximum Gasteiger partial charge on any atom is 0.164 e. The topological polar surface area (TPSA) is 29.1 Å². The van der Waals surface area contributed by atoms with E-state index in [9.17, 15) is 9.18 Å². The highest BCUT2D eigenvalue weighted by Crippen LogP contribution is 2.05. The summed E-state index contributed by atoms with van der Waals surface area (Å²) in [4.78, 5) is 11.7. The van der Waals surface area contributed by atoms with Gasteiger partial charge in [0.05, 0.1) is 0 Å². The normalized spacial score (nSPS) is 12.4. The van der Waals surface area contributed by atoms with Crippen LogP contribution in [0.5, 0.6) is 0 Å². The van der Waals surface area contributed by atoms with Crippen molar-refractivity contribution in [1.29, 1.82) is 0 Å². The van der Waals surface area contributed by atoms with Crippen LogP contribution in [0.1, 0.15) is 37.0 Å². The second-order valence-corrected chi connectivity index (χ2v) is 3.94. The highest BCUT2D eigenvalue weighted by Gasteiger charge is 2.06. The zero-order valence-corrected chi connectivity index (χ0v) is 9.79. The van der Waals surface area contributed by atoms with Gasteiger partial charge in [0.1, 0.15) is 5.82 Å². The Morgan fingerprint density at radius 2 is 2.00 bits per heavy atom. The molecule has 0 radical (unpaired) electrons. The van der Waals surface area contributed by atoms with Crippen molar-refractivity contribution in [1.82, 2.24) is 5.32 Å². The van der Waals surface area contributed by atoms with E-state index in [4.69, 9.17) is 0 Å². The average molecular weight is 223 g/mol. The Kier molecular flexibility index (Phi) is 5.12. The van der Waals surface area contributed by atoms with Crippen molar-refractivity contribution in [3.05, 3.63) is 35.6 Å². The van der Waals surface area contributed by atoms with Crippen LogP contribution in [0.25, 0.3) is 0 Å². The number of rotatable bonds is 6. The molecule has 3 heteroatoms. The van der Waals surface area contributed by atoms with Crippen molar-refractivity contribution in [2.75, 3.05) is 6.54 Å². The van der Waals surface area contributed by atoms with Crippen LogP contribution in [0.2, 0.25) is 0 Å². The molecule has 0 aromatic heterocycles. The maximum absolute atomic E-state index is 12.6. The van der Waals surface area contributed by atoms with E-state index in [2.05, 4.69) is 19.2 Å². The lowest BCUT2D eigenvalue weighted by molar-refractivity contribution is 0.0982. The second-order valence-electron chi connectivity index (χ2n) is 3.94. The molecule has 0 saturated heterocycles. The summed E-state index contributed by atoms with van der Waals surface area (Å²) >= 11 is 0. The number of Topliss-reactive ketones (excluding diaryl/α,β-unsaturated/α-hetero) is 1. The summed E-state index contributed by atoms with van der Waals surface area (Å²) in [5.41, 5.74) is 0.576. The van der Waals surface area contributed by atoms with Gasteiger partial charge in [-0.1, -0.05) is 6.92 Å². The molecule has 88 valence electrons. The fraction of sp³-hybridized carbons (Fsp3) is 0.462. The summed E-state index contributed by atoms with van der Waals surface area (Å²) in [5, 5.41) is 3.25. The largest absolute Gasteiger partial charge is 0.314 e. The molecule has 1 aromatic carbocycles. The third kappa shape index (κ3) is 4.11. The molecule has 0 spiro atoms. The van der Waals surface area contributed by atoms with Gasteiger partial charge in [-0.05, 0) is 37.6 Å². The third-order valence-corrected chi connectivity index (χ3v) is 2.62. The molecule has 0 saturated carbocycles. The third-order valence-electron chi connectivity index (χ3n) is 2.62. The average Bonchev–Trinajstić information content (AvgIpc) is 2.29. The SMILES string of the molecule is CCC(C)NCCC(=O)c1ccc(F)cc1. The summed E-state index contributed by atoms with van der Waals surface area (Å²) in [5.74, 6) is -0.259. The molecule has 2 nitrogen and oxygen atoms in total. The maximum atomic E-state index is 12.6. The van der Waals surface area contributed by atoms with Crippen LogP contribution >= 0.6 is 0 Å². The Labute approximate surface area is 95.9 Å². The minimum Gasteiger partial charge on any atom is -0.314 e. The smallest absolute Gasteiger partial charge is 0.164 e. The van der Waals surface area contributed by atoms with Crippen LogP contribution in [-0.2, 0) is 0 Å². The van der Waals surface area contributed by atoms with Gasteiger partial charge < -0.3 is 5.32 Å². The van der Waals surface area contributed by atoms with Gasteiger partial charge in [-0.2, -0.15) is 0 Å². The Morgan fingerprint density at radius 3 is 2.56 bits per heavy atom. The molecule has 1 rings (SSSR count). The van der Waals surface area contributed by atoms with E-state index < -0.39 is 0 Å². The van der Waals surface area contributed by atoms with Crippen LogP contribution in [0.4, 0.5) is 4.39 Å². The summed E-state index contributed by atoms with van der Waals surface area (Å²) < 4.78 is 12.6. The molecule has 1 unspecified atom stereocenters. The van der Waals surface area contributed by atoms with Crippen molar-refractivity contribution >= 4 is 5.78 Å². The molecule has 0 aliphatic rings. The number of carbonyl (C=O) groups excluding carboxylic acids is 1. The number of ketones is 1. The molecule has 1 aromatic rings. The van der Waals surface area contributed by atoms with E-state index in [0.29, 0.717) is 24.6 Å². The molecule has 0 aliphatic carbocycles. The molecule has 0 fully saturated rings. The van der Waals surface area contributed by atoms with Gasteiger partial charge in [-0.3, -0.25) is 4.79 Å².